The number of sulfone groups is 1. The van der Waals surface area contributed by atoms with Gasteiger partial charge in [-0.2, -0.15) is 0 Å². The predicted molar refractivity (Wildman–Crippen MR) is 107 cm³/mol. The molecule has 0 aliphatic carbocycles. The van der Waals surface area contributed by atoms with Gasteiger partial charge in [-0.3, -0.25) is 4.79 Å². The summed E-state index contributed by atoms with van der Waals surface area (Å²) < 4.78 is 32.9. The van der Waals surface area contributed by atoms with Gasteiger partial charge < -0.3 is 10.1 Å². The summed E-state index contributed by atoms with van der Waals surface area (Å²) in [5, 5.41) is 1.61. The molecule has 2 aromatic rings. The van der Waals surface area contributed by atoms with E-state index < -0.39 is 32.6 Å². The third-order valence-corrected chi connectivity index (χ3v) is 7.80. The van der Waals surface area contributed by atoms with Gasteiger partial charge in [0, 0.05) is 12.3 Å². The van der Waals surface area contributed by atoms with E-state index in [-0.39, 0.29) is 10.3 Å². The highest BCUT2D eigenvalue weighted by Gasteiger charge is 2.54. The van der Waals surface area contributed by atoms with Gasteiger partial charge in [-0.05, 0) is 41.7 Å². The van der Waals surface area contributed by atoms with Crippen LogP contribution >= 0.6 is 0 Å². The Labute approximate surface area is 166 Å². The smallest absolute Gasteiger partial charge is 0.242 e. The number of rotatable bonds is 2. The van der Waals surface area contributed by atoms with Crippen molar-refractivity contribution in [2.75, 3.05) is 0 Å². The number of carbonyl (C=O) groups is 1. The zero-order chi connectivity index (χ0) is 20.3. The monoisotopic (exact) mass is 399 g/mol. The second-order valence-corrected chi connectivity index (χ2v) is 11.0. The molecule has 1 amide bonds. The predicted octanol–water partition coefficient (Wildman–Crippen LogP) is 3.54. The van der Waals surface area contributed by atoms with Gasteiger partial charge in [0.2, 0.25) is 5.91 Å². The third kappa shape index (κ3) is 3.00. The van der Waals surface area contributed by atoms with Crippen molar-refractivity contribution < 1.29 is 17.9 Å². The molecule has 4 rings (SSSR count). The number of hydrogen-bond acceptors (Lipinski definition) is 4. The molecule has 3 atom stereocenters. The van der Waals surface area contributed by atoms with E-state index in [1.165, 1.54) is 0 Å². The van der Waals surface area contributed by atoms with Crippen molar-refractivity contribution in [3.8, 4) is 5.75 Å². The largest absolute Gasteiger partial charge is 0.468 e. The summed E-state index contributed by atoms with van der Waals surface area (Å²) >= 11 is 0. The molecule has 0 aromatic heterocycles. The van der Waals surface area contributed by atoms with Crippen molar-refractivity contribution in [2.24, 2.45) is 0 Å². The van der Waals surface area contributed by atoms with E-state index in [2.05, 4.69) is 26.1 Å². The number of carbonyl (C=O) groups excluding carboxylic acids is 1. The Hall–Kier alpha value is -2.34. The van der Waals surface area contributed by atoms with Crippen LogP contribution in [0.1, 0.15) is 51.2 Å². The van der Waals surface area contributed by atoms with Crippen LogP contribution in [0.5, 0.6) is 5.75 Å². The van der Waals surface area contributed by atoms with Crippen molar-refractivity contribution in [3.05, 3.63) is 59.7 Å². The van der Waals surface area contributed by atoms with Crippen molar-refractivity contribution in [1.82, 2.24) is 5.32 Å². The quantitative estimate of drug-likeness (QED) is 0.838. The molecule has 1 fully saturated rings. The second kappa shape index (κ2) is 6.08. The van der Waals surface area contributed by atoms with E-state index in [9.17, 15) is 13.2 Å². The highest BCUT2D eigenvalue weighted by molar-refractivity contribution is 7.92. The fraction of sp³-hybridized carbons (Fsp3) is 0.409. The average molecular weight is 400 g/mol. The molecular weight excluding hydrogens is 374 g/mol. The topological polar surface area (TPSA) is 72.5 Å². The third-order valence-electron chi connectivity index (χ3n) is 5.66. The molecule has 2 aromatic carbocycles. The number of amides is 1. The number of para-hydroxylation sites is 1. The van der Waals surface area contributed by atoms with Gasteiger partial charge in [0.15, 0.2) is 20.8 Å². The maximum absolute atomic E-state index is 13.5. The van der Waals surface area contributed by atoms with E-state index in [0.717, 1.165) is 11.1 Å². The molecule has 28 heavy (non-hydrogen) atoms. The number of ether oxygens (including phenoxy) is 1. The number of piperidine rings is 1. The highest BCUT2D eigenvalue weighted by atomic mass is 32.2. The molecular formula is C22H25NO4S. The zero-order valence-electron chi connectivity index (χ0n) is 16.5. The summed E-state index contributed by atoms with van der Waals surface area (Å²) in [4.78, 5) is 13.1. The Morgan fingerprint density at radius 3 is 2.36 bits per heavy atom. The Kier molecular flexibility index (Phi) is 4.12. The molecule has 0 radical (unpaired) electrons. The van der Waals surface area contributed by atoms with E-state index in [1.807, 2.05) is 36.4 Å². The van der Waals surface area contributed by atoms with Gasteiger partial charge in [0.1, 0.15) is 5.75 Å². The van der Waals surface area contributed by atoms with E-state index in [4.69, 9.17) is 4.74 Å². The Morgan fingerprint density at radius 2 is 1.71 bits per heavy atom. The Bertz CT molecular complexity index is 1040. The van der Waals surface area contributed by atoms with Crippen molar-refractivity contribution in [2.45, 2.75) is 61.3 Å². The first-order valence-corrected chi connectivity index (χ1v) is 11.0. The van der Waals surface area contributed by atoms with Gasteiger partial charge >= 0.3 is 0 Å². The van der Waals surface area contributed by atoms with Crippen LogP contribution in [0.4, 0.5) is 0 Å². The lowest BCUT2D eigenvalue weighted by atomic mass is 9.81. The normalized spacial score (nSPS) is 26.8. The molecule has 5 nitrogen and oxygen atoms in total. The fourth-order valence-corrected chi connectivity index (χ4v) is 6.03. The summed E-state index contributed by atoms with van der Waals surface area (Å²) in [5.74, 6) is -0.325. The molecule has 0 saturated carbocycles. The molecule has 2 bridgehead atoms. The number of nitrogens with one attached hydrogen (secondary N) is 1. The van der Waals surface area contributed by atoms with Crippen LogP contribution in [0.15, 0.2) is 53.4 Å². The van der Waals surface area contributed by atoms with E-state index in [0.29, 0.717) is 12.2 Å². The van der Waals surface area contributed by atoms with E-state index >= 15 is 0 Å². The standard InChI is InChI=1S/C22H25NO4S/c1-21(2,3)14-9-11-15(12-10-14)28(25,26)19-17-13-22(4,23-20(19)24)27-18-8-6-5-7-16(17)18/h5-12,17,19H,13H2,1-4H3,(H,23,24). The minimum absolute atomic E-state index is 0.0774. The summed E-state index contributed by atoms with van der Waals surface area (Å²) in [5.41, 5.74) is 0.850. The first kappa shape index (κ1) is 19.0. The highest BCUT2D eigenvalue weighted by Crippen LogP contribution is 2.47. The zero-order valence-corrected chi connectivity index (χ0v) is 17.3. The van der Waals surface area contributed by atoms with Gasteiger partial charge in [0.25, 0.3) is 0 Å². The van der Waals surface area contributed by atoms with Crippen LogP contribution in [0, 0.1) is 0 Å². The van der Waals surface area contributed by atoms with Crippen LogP contribution in [-0.2, 0) is 20.0 Å². The van der Waals surface area contributed by atoms with Crippen molar-refractivity contribution in [1.29, 1.82) is 0 Å². The lowest BCUT2D eigenvalue weighted by Crippen LogP contribution is -2.63. The number of hydrogen-bond donors (Lipinski definition) is 1. The fourth-order valence-electron chi connectivity index (χ4n) is 4.20. The van der Waals surface area contributed by atoms with Crippen LogP contribution < -0.4 is 10.1 Å². The molecule has 148 valence electrons. The van der Waals surface area contributed by atoms with Gasteiger partial charge in [-0.1, -0.05) is 51.1 Å². The summed E-state index contributed by atoms with van der Waals surface area (Å²) in [7, 11) is -3.86. The van der Waals surface area contributed by atoms with E-state index in [1.54, 1.807) is 19.1 Å². The lowest BCUT2D eigenvalue weighted by molar-refractivity contribution is -0.132. The molecule has 1 N–H and O–H groups in total. The van der Waals surface area contributed by atoms with Crippen molar-refractivity contribution >= 4 is 15.7 Å². The van der Waals surface area contributed by atoms with Crippen LogP contribution in [0.2, 0.25) is 0 Å². The van der Waals surface area contributed by atoms with Crippen LogP contribution in [0.3, 0.4) is 0 Å². The van der Waals surface area contributed by atoms with Gasteiger partial charge in [0.05, 0.1) is 4.90 Å². The maximum atomic E-state index is 13.5. The first-order chi connectivity index (χ1) is 13.0. The summed E-state index contributed by atoms with van der Waals surface area (Å²) in [6.07, 6.45) is 0.416. The minimum atomic E-state index is -3.86. The number of fused-ring (bicyclic) bond motifs is 4. The Morgan fingerprint density at radius 1 is 1.07 bits per heavy atom. The minimum Gasteiger partial charge on any atom is -0.468 e. The molecule has 6 heteroatoms. The SMILES string of the molecule is CC12CC(c3ccccc3O1)C(S(=O)(=O)c1ccc(C(C)(C)C)cc1)C(=O)N2. The molecule has 2 heterocycles. The average Bonchev–Trinajstić information content (AvgIpc) is 2.60. The van der Waals surface area contributed by atoms with Crippen LogP contribution in [-0.4, -0.2) is 25.3 Å². The second-order valence-electron chi connectivity index (χ2n) is 8.91. The summed E-state index contributed by atoms with van der Waals surface area (Å²) in [6.45, 7) is 8.01. The molecule has 0 spiro atoms. The van der Waals surface area contributed by atoms with Gasteiger partial charge in [-0.15, -0.1) is 0 Å². The molecule has 1 saturated heterocycles. The van der Waals surface area contributed by atoms with Gasteiger partial charge in [-0.25, -0.2) is 8.42 Å². The lowest BCUT2D eigenvalue weighted by Gasteiger charge is -2.46. The maximum Gasteiger partial charge on any atom is 0.242 e. The molecule has 3 unspecified atom stereocenters. The first-order valence-electron chi connectivity index (χ1n) is 9.46. The van der Waals surface area contributed by atoms with Crippen LogP contribution in [0.25, 0.3) is 0 Å². The number of benzene rings is 2. The Balaban J connectivity index is 1.79. The molecule has 2 aliphatic rings. The summed E-state index contributed by atoms with van der Waals surface area (Å²) in [6, 6.07) is 14.2. The molecule has 2 aliphatic heterocycles. The van der Waals surface area contributed by atoms with Crippen molar-refractivity contribution in [3.63, 3.8) is 0 Å².